The summed E-state index contributed by atoms with van der Waals surface area (Å²) >= 11 is 0. The molecule has 1 aliphatic heterocycles. The van der Waals surface area contributed by atoms with Crippen LogP contribution in [-0.2, 0) is 4.79 Å². The van der Waals surface area contributed by atoms with Crippen LogP contribution in [0.5, 0.6) is 28.7 Å². The Kier molecular flexibility index (Phi) is 7.07. The third kappa shape index (κ3) is 5.71. The minimum Gasteiger partial charge on any atom is -0.504 e. The minimum absolute atomic E-state index is 0.0371. The number of nitrogens with zero attached hydrogens (tertiary/aromatic N) is 1. The molecular weight excluding hydrogens is 404 g/mol. The monoisotopic (exact) mass is 430 g/mol. The average molecular weight is 430 g/mol. The van der Waals surface area contributed by atoms with E-state index >= 15 is 0 Å². The zero-order valence-corrected chi connectivity index (χ0v) is 17.2. The van der Waals surface area contributed by atoms with E-state index in [1.54, 1.807) is 29.2 Å². The lowest BCUT2D eigenvalue weighted by atomic mass is 10.0. The number of carbonyl (C=O) groups is 2. The van der Waals surface area contributed by atoms with Crippen molar-refractivity contribution in [3.05, 3.63) is 42.0 Å². The molecule has 4 N–H and O–H groups in total. The average Bonchev–Trinajstić information content (AvgIpc) is 2.77. The molecule has 0 unspecified atom stereocenters. The fourth-order valence-electron chi connectivity index (χ4n) is 3.31. The molecule has 2 amide bonds. The predicted molar refractivity (Wildman–Crippen MR) is 112 cm³/mol. The van der Waals surface area contributed by atoms with Crippen LogP contribution in [0.1, 0.15) is 30.1 Å². The third-order valence-electron chi connectivity index (χ3n) is 5.01. The molecule has 2 aromatic carbocycles. The van der Waals surface area contributed by atoms with Crippen molar-refractivity contribution in [2.24, 2.45) is 0 Å². The van der Waals surface area contributed by atoms with E-state index in [1.165, 1.54) is 0 Å². The van der Waals surface area contributed by atoms with Crippen LogP contribution in [0.25, 0.3) is 0 Å². The Balaban J connectivity index is 1.44. The van der Waals surface area contributed by atoms with Gasteiger partial charge in [-0.1, -0.05) is 0 Å². The highest BCUT2D eigenvalue weighted by atomic mass is 16.5. The minimum atomic E-state index is -0.671. The second kappa shape index (κ2) is 9.92. The largest absolute Gasteiger partial charge is 0.504 e. The summed E-state index contributed by atoms with van der Waals surface area (Å²) in [6.07, 6.45) is 1.13. The first-order chi connectivity index (χ1) is 14.9. The first-order valence-corrected chi connectivity index (χ1v) is 10.1. The number of phenols is 3. The summed E-state index contributed by atoms with van der Waals surface area (Å²) in [5, 5.41) is 31.3. The van der Waals surface area contributed by atoms with E-state index in [9.17, 15) is 24.9 Å². The third-order valence-corrected chi connectivity index (χ3v) is 5.01. The van der Waals surface area contributed by atoms with E-state index < -0.39 is 23.2 Å². The molecule has 0 spiro atoms. The Bertz CT molecular complexity index is 899. The number of benzene rings is 2. The molecule has 31 heavy (non-hydrogen) atoms. The molecule has 0 bridgehead atoms. The normalized spacial score (nSPS) is 14.2. The van der Waals surface area contributed by atoms with Crippen LogP contribution in [0.3, 0.4) is 0 Å². The molecule has 0 aliphatic carbocycles. The Hall–Kier alpha value is -3.62. The number of likely N-dealkylation sites (tertiary alicyclic amines) is 1. The molecule has 9 nitrogen and oxygen atoms in total. The van der Waals surface area contributed by atoms with Crippen LogP contribution in [0, 0.1) is 0 Å². The molecule has 9 heteroatoms. The van der Waals surface area contributed by atoms with Gasteiger partial charge in [-0.25, -0.2) is 0 Å². The van der Waals surface area contributed by atoms with Crippen molar-refractivity contribution < 1.29 is 34.4 Å². The summed E-state index contributed by atoms with van der Waals surface area (Å²) < 4.78 is 10.9. The summed E-state index contributed by atoms with van der Waals surface area (Å²) in [6, 6.07) is 9.08. The molecule has 0 aromatic heterocycles. The fraction of sp³-hybridized carbons (Fsp3) is 0.364. The topological polar surface area (TPSA) is 129 Å². The van der Waals surface area contributed by atoms with Crippen LogP contribution in [0.15, 0.2) is 36.4 Å². The maximum absolute atomic E-state index is 12.4. The number of piperidine rings is 1. The van der Waals surface area contributed by atoms with Gasteiger partial charge in [0.05, 0.1) is 6.61 Å². The van der Waals surface area contributed by atoms with Crippen LogP contribution >= 0.6 is 0 Å². The van der Waals surface area contributed by atoms with Gasteiger partial charge in [0, 0.05) is 24.7 Å². The van der Waals surface area contributed by atoms with Crippen LogP contribution in [-0.4, -0.2) is 64.4 Å². The number of rotatable bonds is 7. The molecule has 1 fully saturated rings. The Morgan fingerprint density at radius 2 is 1.55 bits per heavy atom. The summed E-state index contributed by atoms with van der Waals surface area (Å²) in [6.45, 7) is 3.36. The predicted octanol–water partition coefficient (Wildman–Crippen LogP) is 2.00. The zero-order chi connectivity index (χ0) is 22.4. The van der Waals surface area contributed by atoms with E-state index in [2.05, 4.69) is 5.32 Å². The van der Waals surface area contributed by atoms with Gasteiger partial charge in [0.15, 0.2) is 23.9 Å². The maximum atomic E-state index is 12.4. The smallest absolute Gasteiger partial charge is 0.260 e. The van der Waals surface area contributed by atoms with Gasteiger partial charge in [-0.05, 0) is 56.2 Å². The van der Waals surface area contributed by atoms with Gasteiger partial charge in [0.25, 0.3) is 11.8 Å². The van der Waals surface area contributed by atoms with Crippen molar-refractivity contribution in [3.8, 4) is 28.7 Å². The highest BCUT2D eigenvalue weighted by Crippen LogP contribution is 2.35. The number of phenolic OH excluding ortho intramolecular Hbond substituents is 3. The van der Waals surface area contributed by atoms with Crippen molar-refractivity contribution in [3.63, 3.8) is 0 Å². The standard InChI is InChI=1S/C22H26N2O7/c1-2-30-16-3-5-17(6-4-16)31-13-20(27)24-9-7-15(8-10-24)23-22(29)14-11-18(25)21(28)19(26)12-14/h3-6,11-12,15,25-26,28H,2,7-10,13H2,1H3,(H,23,29). The molecular formula is C22H26N2O7. The molecule has 2 aromatic rings. The van der Waals surface area contributed by atoms with Crippen molar-refractivity contribution in [1.29, 1.82) is 0 Å². The van der Waals surface area contributed by atoms with Crippen molar-refractivity contribution in [2.75, 3.05) is 26.3 Å². The van der Waals surface area contributed by atoms with Crippen molar-refractivity contribution in [2.45, 2.75) is 25.8 Å². The summed E-state index contributed by atoms with van der Waals surface area (Å²) in [7, 11) is 0. The van der Waals surface area contributed by atoms with Crippen LogP contribution in [0.2, 0.25) is 0 Å². The quantitative estimate of drug-likeness (QED) is 0.495. The number of amides is 2. The summed E-state index contributed by atoms with van der Waals surface area (Å²) in [5.41, 5.74) is 0.0371. The molecule has 3 rings (SSSR count). The summed E-state index contributed by atoms with van der Waals surface area (Å²) in [5.74, 6) is -1.10. The maximum Gasteiger partial charge on any atom is 0.260 e. The SMILES string of the molecule is CCOc1ccc(OCC(=O)N2CCC(NC(=O)c3cc(O)c(O)c(O)c3)CC2)cc1. The molecule has 0 saturated carbocycles. The van der Waals surface area contributed by atoms with Gasteiger partial charge in [-0.3, -0.25) is 9.59 Å². The van der Waals surface area contributed by atoms with Gasteiger partial charge >= 0.3 is 0 Å². The Labute approximate surface area is 179 Å². The fourth-order valence-corrected chi connectivity index (χ4v) is 3.31. The van der Waals surface area contributed by atoms with E-state index in [0.717, 1.165) is 17.9 Å². The molecule has 0 atom stereocenters. The first-order valence-electron chi connectivity index (χ1n) is 10.1. The van der Waals surface area contributed by atoms with Gasteiger partial charge in [0.2, 0.25) is 0 Å². The highest BCUT2D eigenvalue weighted by Gasteiger charge is 2.25. The van der Waals surface area contributed by atoms with E-state index in [-0.39, 0.29) is 24.1 Å². The molecule has 1 saturated heterocycles. The lowest BCUT2D eigenvalue weighted by Gasteiger charge is -2.32. The van der Waals surface area contributed by atoms with Crippen LogP contribution < -0.4 is 14.8 Å². The number of hydrogen-bond acceptors (Lipinski definition) is 7. The van der Waals surface area contributed by atoms with Crippen molar-refractivity contribution >= 4 is 11.8 Å². The molecule has 1 aliphatic rings. The van der Waals surface area contributed by atoms with Crippen molar-refractivity contribution in [1.82, 2.24) is 10.2 Å². The van der Waals surface area contributed by atoms with Gasteiger partial charge < -0.3 is 35.0 Å². The molecule has 1 heterocycles. The lowest BCUT2D eigenvalue weighted by molar-refractivity contribution is -0.134. The van der Waals surface area contributed by atoms with Gasteiger partial charge in [-0.2, -0.15) is 0 Å². The number of ether oxygens (including phenoxy) is 2. The molecule has 166 valence electrons. The zero-order valence-electron chi connectivity index (χ0n) is 17.2. The Morgan fingerprint density at radius 1 is 1.00 bits per heavy atom. The number of aromatic hydroxyl groups is 3. The molecule has 0 radical (unpaired) electrons. The summed E-state index contributed by atoms with van der Waals surface area (Å²) in [4.78, 5) is 26.4. The number of carbonyl (C=O) groups excluding carboxylic acids is 2. The van der Waals surface area contributed by atoms with Gasteiger partial charge in [-0.15, -0.1) is 0 Å². The Morgan fingerprint density at radius 3 is 2.10 bits per heavy atom. The van der Waals surface area contributed by atoms with E-state index in [1.807, 2.05) is 6.92 Å². The van der Waals surface area contributed by atoms with Crippen LogP contribution in [0.4, 0.5) is 0 Å². The highest BCUT2D eigenvalue weighted by molar-refractivity contribution is 5.95. The van der Waals surface area contributed by atoms with Gasteiger partial charge in [0.1, 0.15) is 11.5 Å². The number of hydrogen-bond donors (Lipinski definition) is 4. The lowest BCUT2D eigenvalue weighted by Crippen LogP contribution is -2.47. The number of nitrogens with one attached hydrogen (secondary N) is 1. The second-order valence-corrected chi connectivity index (χ2v) is 7.18. The second-order valence-electron chi connectivity index (χ2n) is 7.18. The van der Waals surface area contributed by atoms with E-state index in [4.69, 9.17) is 9.47 Å². The van der Waals surface area contributed by atoms with E-state index in [0.29, 0.717) is 38.3 Å². The first kappa shape index (κ1) is 22.1.